The van der Waals surface area contributed by atoms with Crippen molar-refractivity contribution in [3.8, 4) is 0 Å². The Balaban J connectivity index is 3.33. The van der Waals surface area contributed by atoms with Crippen LogP contribution in [0, 0.1) is 0 Å². The van der Waals surface area contributed by atoms with Crippen molar-refractivity contribution in [3.63, 3.8) is 0 Å². The zero-order chi connectivity index (χ0) is 6.41. The Morgan fingerprint density at radius 1 is 1.75 bits per heavy atom. The molecule has 1 amide bonds. The van der Waals surface area contributed by atoms with Crippen molar-refractivity contribution in [2.75, 3.05) is 0 Å². The third-order valence-electron chi connectivity index (χ3n) is 0.613. The van der Waals surface area contributed by atoms with E-state index in [1.807, 2.05) is 12.3 Å². The van der Waals surface area contributed by atoms with E-state index < -0.39 is 5.91 Å². The summed E-state index contributed by atoms with van der Waals surface area (Å²) in [6.45, 7) is 1.81. The SMILES string of the molecule is CCCC(=O)/N=N/F. The van der Waals surface area contributed by atoms with Gasteiger partial charge in [0.2, 0.25) is 0 Å². The Kier molecular flexibility index (Phi) is 3.93. The summed E-state index contributed by atoms with van der Waals surface area (Å²) in [7, 11) is 0. The lowest BCUT2D eigenvalue weighted by Gasteiger charge is -1.81. The molecule has 0 fully saturated rings. The molecular weight excluding hydrogens is 111 g/mol. The van der Waals surface area contributed by atoms with Gasteiger partial charge < -0.3 is 0 Å². The van der Waals surface area contributed by atoms with Gasteiger partial charge in [0, 0.05) is 11.8 Å². The topological polar surface area (TPSA) is 41.8 Å². The molecule has 0 aliphatic rings. The number of carbonyl (C=O) groups excluding carboxylic acids is 1. The first-order valence-electron chi connectivity index (χ1n) is 2.36. The highest BCUT2D eigenvalue weighted by molar-refractivity contribution is 5.75. The quantitative estimate of drug-likeness (QED) is 0.508. The van der Waals surface area contributed by atoms with E-state index in [4.69, 9.17) is 0 Å². The molecule has 0 bridgehead atoms. The van der Waals surface area contributed by atoms with Crippen LogP contribution in [0.1, 0.15) is 19.8 Å². The summed E-state index contributed by atoms with van der Waals surface area (Å²) in [6, 6.07) is 0. The van der Waals surface area contributed by atoms with Gasteiger partial charge in [-0.2, -0.15) is 0 Å². The number of carbonyl (C=O) groups is 1. The molecule has 0 radical (unpaired) electrons. The van der Waals surface area contributed by atoms with Crippen molar-refractivity contribution in [1.82, 2.24) is 0 Å². The first-order chi connectivity index (χ1) is 3.81. The van der Waals surface area contributed by atoms with E-state index >= 15 is 0 Å². The van der Waals surface area contributed by atoms with E-state index in [1.165, 1.54) is 0 Å². The van der Waals surface area contributed by atoms with Gasteiger partial charge in [0.15, 0.2) is 0 Å². The number of nitrogens with zero attached hydrogens (tertiary/aromatic N) is 2. The maximum atomic E-state index is 10.8. The maximum Gasteiger partial charge on any atom is 0.267 e. The molecule has 0 unspecified atom stereocenters. The highest BCUT2D eigenvalue weighted by Crippen LogP contribution is 1.90. The van der Waals surface area contributed by atoms with Gasteiger partial charge in [0.25, 0.3) is 5.91 Å². The fourth-order valence-corrected chi connectivity index (χ4v) is 0.306. The molecule has 0 aromatic heterocycles. The molecule has 0 saturated carbocycles. The minimum atomic E-state index is -0.505. The summed E-state index contributed by atoms with van der Waals surface area (Å²) >= 11 is 0. The summed E-state index contributed by atoms with van der Waals surface area (Å²) in [4.78, 5) is 10.1. The molecule has 0 aromatic carbocycles. The molecule has 0 spiro atoms. The molecule has 46 valence electrons. The zero-order valence-electron chi connectivity index (χ0n) is 4.59. The van der Waals surface area contributed by atoms with Crippen molar-refractivity contribution >= 4 is 5.91 Å². The Morgan fingerprint density at radius 3 is 2.75 bits per heavy atom. The molecule has 3 nitrogen and oxygen atoms in total. The van der Waals surface area contributed by atoms with Crippen LogP contribution in [0.3, 0.4) is 0 Å². The lowest BCUT2D eigenvalue weighted by Crippen LogP contribution is -1.87. The van der Waals surface area contributed by atoms with Crippen molar-refractivity contribution < 1.29 is 9.28 Å². The van der Waals surface area contributed by atoms with Crippen molar-refractivity contribution in [2.45, 2.75) is 19.8 Å². The van der Waals surface area contributed by atoms with Gasteiger partial charge in [-0.1, -0.05) is 16.5 Å². The van der Waals surface area contributed by atoms with Crippen LogP contribution >= 0.6 is 0 Å². The largest absolute Gasteiger partial charge is 0.271 e. The molecule has 0 saturated heterocycles. The molecule has 0 atom stereocenters. The minimum Gasteiger partial charge on any atom is -0.271 e. The van der Waals surface area contributed by atoms with Gasteiger partial charge >= 0.3 is 0 Å². The van der Waals surface area contributed by atoms with Gasteiger partial charge in [-0.05, 0) is 6.42 Å². The molecule has 0 aliphatic carbocycles. The number of hydrogen-bond acceptors (Lipinski definition) is 2. The van der Waals surface area contributed by atoms with Crippen LogP contribution in [-0.4, -0.2) is 5.91 Å². The molecule has 0 aliphatic heterocycles. The van der Waals surface area contributed by atoms with Gasteiger partial charge in [-0.15, -0.1) is 0 Å². The van der Waals surface area contributed by atoms with Gasteiger partial charge in [0.05, 0.1) is 0 Å². The molecule has 0 rings (SSSR count). The molecule has 0 aromatic rings. The van der Waals surface area contributed by atoms with Crippen molar-refractivity contribution in [3.05, 3.63) is 0 Å². The van der Waals surface area contributed by atoms with Crippen LogP contribution < -0.4 is 0 Å². The normalized spacial score (nSPS) is 10.2. The molecule has 0 N–H and O–H groups in total. The average Bonchev–Trinajstić information content (AvgIpc) is 1.68. The van der Waals surface area contributed by atoms with Crippen LogP contribution in [0.5, 0.6) is 0 Å². The average molecular weight is 118 g/mol. The third kappa shape index (κ3) is 3.39. The molecule has 0 heterocycles. The molecule has 8 heavy (non-hydrogen) atoms. The predicted octanol–water partition coefficient (Wildman–Crippen LogP) is 1.65. The number of hydrogen-bond donors (Lipinski definition) is 0. The summed E-state index contributed by atoms with van der Waals surface area (Å²) in [5, 5.41) is 4.46. The second kappa shape index (κ2) is 4.36. The van der Waals surface area contributed by atoms with E-state index in [-0.39, 0.29) is 6.42 Å². The third-order valence-corrected chi connectivity index (χ3v) is 0.613. The van der Waals surface area contributed by atoms with E-state index in [2.05, 4.69) is 5.11 Å². The summed E-state index contributed by atoms with van der Waals surface area (Å²) in [6.07, 6.45) is 0.950. The summed E-state index contributed by atoms with van der Waals surface area (Å²) in [5.41, 5.74) is 0. The Labute approximate surface area is 46.5 Å². The van der Waals surface area contributed by atoms with Crippen LogP contribution in [0.2, 0.25) is 0 Å². The molecule has 4 heteroatoms. The number of rotatable bonds is 2. The second-order valence-electron chi connectivity index (χ2n) is 1.32. The fourth-order valence-electron chi connectivity index (χ4n) is 0.306. The lowest BCUT2D eigenvalue weighted by molar-refractivity contribution is -0.118. The van der Waals surface area contributed by atoms with Crippen LogP contribution in [0.4, 0.5) is 4.48 Å². The lowest BCUT2D eigenvalue weighted by atomic mass is 10.3. The van der Waals surface area contributed by atoms with E-state index in [9.17, 15) is 9.28 Å². The smallest absolute Gasteiger partial charge is 0.267 e. The maximum absolute atomic E-state index is 10.8. The summed E-state index contributed by atoms with van der Waals surface area (Å²) < 4.78 is 10.8. The predicted molar refractivity (Wildman–Crippen MR) is 25.9 cm³/mol. The van der Waals surface area contributed by atoms with Crippen LogP contribution in [0.15, 0.2) is 10.5 Å². The van der Waals surface area contributed by atoms with Crippen molar-refractivity contribution in [2.24, 2.45) is 10.5 Å². The summed E-state index contributed by atoms with van der Waals surface area (Å²) in [5.74, 6) is -0.505. The fraction of sp³-hybridized carbons (Fsp3) is 0.750. The highest BCUT2D eigenvalue weighted by Gasteiger charge is 1.93. The Hall–Kier alpha value is -0.800. The molecular formula is C4H7FN2O. The van der Waals surface area contributed by atoms with E-state index in [0.717, 1.165) is 0 Å². The van der Waals surface area contributed by atoms with E-state index in [0.29, 0.717) is 6.42 Å². The van der Waals surface area contributed by atoms with Crippen LogP contribution in [-0.2, 0) is 4.79 Å². The highest BCUT2D eigenvalue weighted by atomic mass is 19.2. The monoisotopic (exact) mass is 118 g/mol. The standard InChI is InChI=1S/C4H7FN2O/c1-2-3-4(8)6-7-5/h2-3H2,1H3/b7-6+. The van der Waals surface area contributed by atoms with Crippen LogP contribution in [0.25, 0.3) is 0 Å². The van der Waals surface area contributed by atoms with Gasteiger partial charge in [-0.3, -0.25) is 4.79 Å². The van der Waals surface area contributed by atoms with E-state index in [1.54, 1.807) is 0 Å². The minimum absolute atomic E-state index is 0.271. The second-order valence-corrected chi connectivity index (χ2v) is 1.32. The Bertz CT molecular complexity index is 102. The van der Waals surface area contributed by atoms with Gasteiger partial charge in [0.1, 0.15) is 0 Å². The zero-order valence-corrected chi connectivity index (χ0v) is 4.59. The first kappa shape index (κ1) is 7.20. The Morgan fingerprint density at radius 2 is 2.38 bits per heavy atom. The first-order valence-corrected chi connectivity index (χ1v) is 2.36. The number of halogens is 1. The number of amides is 1. The van der Waals surface area contributed by atoms with Crippen molar-refractivity contribution in [1.29, 1.82) is 0 Å². The van der Waals surface area contributed by atoms with Gasteiger partial charge in [-0.25, -0.2) is 0 Å².